The Morgan fingerprint density at radius 3 is 2.39 bits per heavy atom. The number of halogens is 1. The van der Waals surface area contributed by atoms with E-state index in [2.05, 4.69) is 11.8 Å². The third-order valence-electron chi connectivity index (χ3n) is 4.72. The van der Waals surface area contributed by atoms with Crippen molar-refractivity contribution in [3.63, 3.8) is 0 Å². The van der Waals surface area contributed by atoms with Gasteiger partial charge in [-0.2, -0.15) is 0 Å². The monoisotopic (exact) mass is 312 g/mol. The minimum Gasteiger partial charge on any atom is -0.398 e. The van der Waals surface area contributed by atoms with Gasteiger partial charge in [0.2, 0.25) is 0 Å². The molecule has 1 aliphatic heterocycles. The lowest BCUT2D eigenvalue weighted by atomic mass is 9.86. The molecule has 0 spiro atoms. The Labute approximate surface area is 138 Å². The molecule has 3 rings (SSSR count). The summed E-state index contributed by atoms with van der Waals surface area (Å²) < 4.78 is 26.1. The van der Waals surface area contributed by atoms with Crippen LogP contribution < -0.4 is 0 Å². The highest BCUT2D eigenvalue weighted by Crippen LogP contribution is 2.39. The predicted molar refractivity (Wildman–Crippen MR) is 91.2 cm³/mol. The van der Waals surface area contributed by atoms with Gasteiger partial charge in [0.1, 0.15) is 5.73 Å². The van der Waals surface area contributed by atoms with Crippen LogP contribution in [-0.2, 0) is 9.31 Å². The van der Waals surface area contributed by atoms with Crippen molar-refractivity contribution >= 4 is 13.2 Å². The van der Waals surface area contributed by atoms with Gasteiger partial charge in [-0.25, -0.2) is 4.39 Å². The summed E-state index contributed by atoms with van der Waals surface area (Å²) in [5, 5.41) is 0. The van der Waals surface area contributed by atoms with Crippen LogP contribution in [-0.4, -0.2) is 18.3 Å². The molecule has 1 aliphatic carbocycles. The summed E-state index contributed by atoms with van der Waals surface area (Å²) in [4.78, 5) is 0. The van der Waals surface area contributed by atoms with E-state index < -0.39 is 24.0 Å². The van der Waals surface area contributed by atoms with E-state index >= 15 is 0 Å². The zero-order valence-electron chi connectivity index (χ0n) is 14.2. The van der Waals surface area contributed by atoms with Gasteiger partial charge in [0.25, 0.3) is 0 Å². The molecule has 2 fully saturated rings. The molecule has 0 radical (unpaired) electrons. The van der Waals surface area contributed by atoms with Crippen LogP contribution in [0.25, 0.3) is 6.08 Å². The fourth-order valence-corrected chi connectivity index (χ4v) is 2.32. The van der Waals surface area contributed by atoms with Crippen LogP contribution in [0.1, 0.15) is 51.7 Å². The number of hydrogen-bond donors (Lipinski definition) is 0. The highest BCUT2D eigenvalue weighted by molar-refractivity contribution is 6.54. The molecule has 23 heavy (non-hydrogen) atoms. The van der Waals surface area contributed by atoms with E-state index in [1.165, 1.54) is 18.9 Å². The van der Waals surface area contributed by atoms with Crippen molar-refractivity contribution in [2.24, 2.45) is 5.92 Å². The van der Waals surface area contributed by atoms with Crippen molar-refractivity contribution in [1.82, 2.24) is 0 Å². The first-order chi connectivity index (χ1) is 10.8. The second-order valence-corrected chi connectivity index (χ2v) is 7.25. The summed E-state index contributed by atoms with van der Waals surface area (Å²) in [6.07, 6.45) is 3.82. The fraction of sp³-hybridized carbons (Fsp3) is 0.474. The highest BCUT2D eigenvalue weighted by atomic mass is 19.1. The van der Waals surface area contributed by atoms with Crippen LogP contribution in [0.3, 0.4) is 0 Å². The van der Waals surface area contributed by atoms with Gasteiger partial charge in [-0.1, -0.05) is 30.0 Å². The van der Waals surface area contributed by atoms with Crippen LogP contribution in [0.2, 0.25) is 0 Å². The molecule has 1 saturated heterocycles. The number of hydrogen-bond acceptors (Lipinski definition) is 2. The van der Waals surface area contributed by atoms with Crippen molar-refractivity contribution < 1.29 is 13.7 Å². The van der Waals surface area contributed by atoms with Gasteiger partial charge in [-0.3, -0.25) is 0 Å². The summed E-state index contributed by atoms with van der Waals surface area (Å²) in [7, 11) is -0.968. The molecule has 1 saturated carbocycles. The molecular weight excluding hydrogens is 290 g/mol. The summed E-state index contributed by atoms with van der Waals surface area (Å²) in [6.45, 7) is 7.65. The number of rotatable bonds is 2. The summed E-state index contributed by atoms with van der Waals surface area (Å²) >= 11 is 0. The maximum atomic E-state index is 14.6. The van der Waals surface area contributed by atoms with Crippen LogP contribution >= 0.6 is 0 Å². The highest BCUT2D eigenvalue weighted by Gasteiger charge is 2.53. The molecule has 0 atom stereocenters. The van der Waals surface area contributed by atoms with Crippen molar-refractivity contribution in [2.45, 2.75) is 51.7 Å². The summed E-state index contributed by atoms with van der Waals surface area (Å²) in [5.41, 5.74) is 0.0747. The third kappa shape index (κ3) is 3.52. The zero-order chi connectivity index (χ0) is 16.7. The van der Waals surface area contributed by atoms with E-state index in [1.807, 2.05) is 52.0 Å². The molecule has 1 aromatic carbocycles. The summed E-state index contributed by atoms with van der Waals surface area (Å²) in [6, 6.07) is 7.58. The molecule has 1 heterocycles. The van der Waals surface area contributed by atoms with Crippen molar-refractivity contribution in [3.8, 4) is 11.8 Å². The van der Waals surface area contributed by atoms with Crippen LogP contribution in [0, 0.1) is 17.8 Å². The van der Waals surface area contributed by atoms with Crippen molar-refractivity contribution in [2.75, 3.05) is 0 Å². The average Bonchev–Trinajstić information content (AvgIpc) is 3.25. The third-order valence-corrected chi connectivity index (χ3v) is 4.72. The molecule has 0 unspecified atom stereocenters. The lowest BCUT2D eigenvalue weighted by Crippen LogP contribution is -2.41. The summed E-state index contributed by atoms with van der Waals surface area (Å²) in [5.74, 6) is 6.89. The smallest absolute Gasteiger partial charge is 0.398 e. The van der Waals surface area contributed by atoms with E-state index in [4.69, 9.17) is 9.31 Å². The zero-order valence-corrected chi connectivity index (χ0v) is 14.2. The van der Waals surface area contributed by atoms with Gasteiger partial charge < -0.3 is 9.31 Å². The van der Waals surface area contributed by atoms with Gasteiger partial charge in [0, 0.05) is 11.5 Å². The van der Waals surface area contributed by atoms with Gasteiger partial charge in [-0.05, 0) is 58.2 Å². The first-order valence-corrected chi connectivity index (χ1v) is 8.12. The molecule has 0 aromatic heterocycles. The Kier molecular flexibility index (Phi) is 4.12. The van der Waals surface area contributed by atoms with Crippen LogP contribution in [0.15, 0.2) is 30.0 Å². The van der Waals surface area contributed by atoms with Gasteiger partial charge in [-0.15, -0.1) is 0 Å². The second-order valence-electron chi connectivity index (χ2n) is 7.25. The number of benzene rings is 1. The molecule has 2 aliphatic rings. The second kappa shape index (κ2) is 5.81. The average molecular weight is 312 g/mol. The lowest BCUT2D eigenvalue weighted by Gasteiger charge is -2.32. The maximum absolute atomic E-state index is 14.6. The molecule has 4 heteroatoms. The van der Waals surface area contributed by atoms with E-state index in [0.29, 0.717) is 5.92 Å². The van der Waals surface area contributed by atoms with Gasteiger partial charge in [0.05, 0.1) is 11.2 Å². The first-order valence-electron chi connectivity index (χ1n) is 8.12. The predicted octanol–water partition coefficient (Wildman–Crippen LogP) is 4.39. The van der Waals surface area contributed by atoms with E-state index in [1.54, 1.807) is 0 Å². The molecule has 0 amide bonds. The Morgan fingerprint density at radius 2 is 1.78 bits per heavy atom. The van der Waals surface area contributed by atoms with E-state index in [-0.39, 0.29) is 0 Å². The molecule has 0 N–H and O–H groups in total. The molecule has 2 nitrogen and oxygen atoms in total. The normalized spacial score (nSPS) is 22.7. The Morgan fingerprint density at radius 1 is 1.17 bits per heavy atom. The molecule has 0 bridgehead atoms. The minimum atomic E-state index is -0.968. The Bertz CT molecular complexity index is 677. The lowest BCUT2D eigenvalue weighted by molar-refractivity contribution is 0.00578. The SMILES string of the molecule is CC1(C)OB(C(F)=Cc2ccccc2C#CC2CC2)OC1(C)C. The quantitative estimate of drug-likeness (QED) is 0.595. The van der Waals surface area contributed by atoms with Gasteiger partial charge in [0.15, 0.2) is 0 Å². The van der Waals surface area contributed by atoms with Crippen LogP contribution in [0.5, 0.6) is 0 Å². The Hall–Kier alpha value is -1.57. The van der Waals surface area contributed by atoms with Crippen molar-refractivity contribution in [1.29, 1.82) is 0 Å². The molecule has 1 aromatic rings. The van der Waals surface area contributed by atoms with E-state index in [0.717, 1.165) is 11.1 Å². The van der Waals surface area contributed by atoms with Crippen LogP contribution in [0.4, 0.5) is 4.39 Å². The minimum absolute atomic E-state index is 0.427. The van der Waals surface area contributed by atoms with Crippen molar-refractivity contribution in [3.05, 3.63) is 41.1 Å². The van der Waals surface area contributed by atoms with E-state index in [9.17, 15) is 4.39 Å². The fourth-order valence-electron chi connectivity index (χ4n) is 2.32. The Balaban J connectivity index is 1.83. The molecule has 120 valence electrons. The largest absolute Gasteiger partial charge is 0.525 e. The maximum Gasteiger partial charge on any atom is 0.525 e. The van der Waals surface area contributed by atoms with Gasteiger partial charge >= 0.3 is 7.12 Å². The standard InChI is InChI=1S/C19H22BFO2/c1-18(2)19(3,4)23-20(22-18)17(21)13-16-8-6-5-7-15(16)12-11-14-9-10-14/h5-8,13-14H,9-10H2,1-4H3. The molecular formula is C19H22BFO2. The topological polar surface area (TPSA) is 18.5 Å². The first kappa shape index (κ1) is 16.3.